The number of hydrogen-bond donors (Lipinski definition) is 0. The van der Waals surface area contributed by atoms with Crippen molar-refractivity contribution in [2.75, 3.05) is 0 Å². The molecule has 0 amide bonds. The highest BCUT2D eigenvalue weighted by molar-refractivity contribution is 8.04. The van der Waals surface area contributed by atoms with Gasteiger partial charge in [0.1, 0.15) is 0 Å². The molecule has 1 heteroatoms. The van der Waals surface area contributed by atoms with Gasteiger partial charge in [0.25, 0.3) is 0 Å². The number of hydrogen-bond acceptors (Lipinski definition) is 1. The molecule has 0 fully saturated rings. The molecular formula is C24H18S. The van der Waals surface area contributed by atoms with Crippen LogP contribution in [0.1, 0.15) is 12.8 Å². The lowest BCUT2D eigenvalue weighted by molar-refractivity contribution is 1.23. The van der Waals surface area contributed by atoms with Gasteiger partial charge in [0.15, 0.2) is 0 Å². The highest BCUT2D eigenvalue weighted by Gasteiger charge is 2.00. The predicted octanol–water partition coefficient (Wildman–Crippen LogP) is 5.95. The Labute approximate surface area is 154 Å². The van der Waals surface area contributed by atoms with E-state index in [1.54, 1.807) is 11.8 Å². The molecule has 0 radical (unpaired) electrons. The maximum atomic E-state index is 3.19. The molecule has 3 aliphatic rings. The SMILES string of the molecule is C1#CC2=CC=CC=C(/C=C\C=C/S/C=C\C3=CC=CC=C(C#C1)C3)C2. The Bertz CT molecular complexity index is 914. The van der Waals surface area contributed by atoms with E-state index in [1.807, 2.05) is 12.2 Å². The zero-order valence-corrected chi connectivity index (χ0v) is 14.7. The van der Waals surface area contributed by atoms with Gasteiger partial charge in [-0.1, -0.05) is 84.8 Å². The van der Waals surface area contributed by atoms with Gasteiger partial charge in [-0.05, 0) is 33.8 Å². The van der Waals surface area contributed by atoms with Crippen LogP contribution in [0, 0.1) is 23.7 Å². The molecule has 0 aromatic heterocycles. The number of fused-ring (bicyclic) bond motifs is 4. The van der Waals surface area contributed by atoms with E-state index < -0.39 is 0 Å². The van der Waals surface area contributed by atoms with Gasteiger partial charge in [0, 0.05) is 24.0 Å². The third-order valence-electron chi connectivity index (χ3n) is 3.67. The second-order valence-electron chi connectivity index (χ2n) is 5.62. The lowest BCUT2D eigenvalue weighted by atomic mass is 10.1. The summed E-state index contributed by atoms with van der Waals surface area (Å²) in [4.78, 5) is 0. The summed E-state index contributed by atoms with van der Waals surface area (Å²) in [6.45, 7) is 0. The second-order valence-corrected chi connectivity index (χ2v) is 6.43. The first-order valence-corrected chi connectivity index (χ1v) is 9.14. The highest BCUT2D eigenvalue weighted by Crippen LogP contribution is 2.18. The van der Waals surface area contributed by atoms with Crippen molar-refractivity contribution < 1.29 is 0 Å². The Morgan fingerprint density at radius 1 is 0.600 bits per heavy atom. The van der Waals surface area contributed by atoms with E-state index in [-0.39, 0.29) is 0 Å². The smallest absolute Gasteiger partial charge is 0.00744 e. The van der Waals surface area contributed by atoms with Crippen LogP contribution in [-0.4, -0.2) is 0 Å². The van der Waals surface area contributed by atoms with Gasteiger partial charge in [-0.15, -0.1) is 11.8 Å². The van der Waals surface area contributed by atoms with E-state index in [9.17, 15) is 0 Å². The number of allylic oxidation sites excluding steroid dienone is 16. The van der Waals surface area contributed by atoms with Crippen molar-refractivity contribution in [2.24, 2.45) is 0 Å². The van der Waals surface area contributed by atoms with E-state index in [2.05, 4.69) is 95.3 Å². The van der Waals surface area contributed by atoms with Crippen molar-refractivity contribution in [3.05, 3.63) is 106 Å². The third kappa shape index (κ3) is 5.92. The van der Waals surface area contributed by atoms with Crippen LogP contribution in [0.3, 0.4) is 0 Å². The second kappa shape index (κ2) is 9.43. The van der Waals surface area contributed by atoms with Crippen LogP contribution in [0.15, 0.2) is 106 Å². The standard InChI is InChI=1S/C24H18S/c1-3-11-22-12-5-6-14-24(20-22)16-18-25-17-8-7-15-23-13-4-2-10-21(9-1)19-23/h2,4-8,10,12-18H,19-20H2/b15-7-,17-8-,18-16-. The van der Waals surface area contributed by atoms with Crippen molar-refractivity contribution >= 4 is 11.8 Å². The van der Waals surface area contributed by atoms with Crippen LogP contribution in [-0.2, 0) is 0 Å². The van der Waals surface area contributed by atoms with Crippen LogP contribution in [0.2, 0.25) is 0 Å². The van der Waals surface area contributed by atoms with Crippen molar-refractivity contribution in [3.63, 3.8) is 0 Å². The Kier molecular flexibility index (Phi) is 6.40. The van der Waals surface area contributed by atoms with Crippen molar-refractivity contribution in [3.8, 4) is 23.7 Å². The van der Waals surface area contributed by atoms with Gasteiger partial charge < -0.3 is 0 Å². The first kappa shape index (κ1) is 17.0. The average molecular weight is 338 g/mol. The molecule has 0 aromatic carbocycles. The molecule has 0 N–H and O–H groups in total. The molecule has 0 spiro atoms. The molecule has 1 aliphatic heterocycles. The summed E-state index contributed by atoms with van der Waals surface area (Å²) >= 11 is 1.67. The van der Waals surface area contributed by atoms with Crippen LogP contribution >= 0.6 is 11.8 Å². The van der Waals surface area contributed by atoms with E-state index in [0.29, 0.717) is 0 Å². The van der Waals surface area contributed by atoms with Crippen molar-refractivity contribution in [2.45, 2.75) is 12.8 Å². The Morgan fingerprint density at radius 3 is 1.88 bits per heavy atom. The third-order valence-corrected chi connectivity index (χ3v) is 4.28. The maximum absolute atomic E-state index is 3.19. The van der Waals surface area contributed by atoms with Gasteiger partial charge in [0.2, 0.25) is 0 Å². The van der Waals surface area contributed by atoms with Gasteiger partial charge in [-0.25, -0.2) is 0 Å². The number of rotatable bonds is 0. The Morgan fingerprint density at radius 2 is 1.20 bits per heavy atom. The largest absolute Gasteiger partial charge is 0.106 e. The van der Waals surface area contributed by atoms with E-state index in [1.165, 1.54) is 11.1 Å². The molecule has 4 bridgehead atoms. The topological polar surface area (TPSA) is 0 Å². The highest BCUT2D eigenvalue weighted by atomic mass is 32.2. The molecule has 2 aliphatic carbocycles. The van der Waals surface area contributed by atoms with Crippen LogP contribution in [0.25, 0.3) is 0 Å². The molecule has 0 saturated carbocycles. The molecular weight excluding hydrogens is 320 g/mol. The minimum absolute atomic E-state index is 0.831. The fourth-order valence-corrected chi connectivity index (χ4v) is 2.97. The first-order chi connectivity index (χ1) is 12.4. The maximum Gasteiger partial charge on any atom is 0.00744 e. The zero-order valence-electron chi connectivity index (χ0n) is 13.9. The summed E-state index contributed by atoms with van der Waals surface area (Å²) in [6.07, 6.45) is 26.6. The Balaban J connectivity index is 1.90. The molecule has 25 heavy (non-hydrogen) atoms. The summed E-state index contributed by atoms with van der Waals surface area (Å²) in [7, 11) is 0. The zero-order chi connectivity index (χ0) is 17.2. The van der Waals surface area contributed by atoms with E-state index >= 15 is 0 Å². The van der Waals surface area contributed by atoms with Gasteiger partial charge in [0.05, 0.1) is 0 Å². The summed E-state index contributed by atoms with van der Waals surface area (Å²) in [6, 6.07) is 0. The molecule has 0 aromatic rings. The fraction of sp³-hybridized carbons (Fsp3) is 0.0833. The number of thioether (sulfide) groups is 1. The summed E-state index contributed by atoms with van der Waals surface area (Å²) in [5.74, 6) is 12.4. The summed E-state index contributed by atoms with van der Waals surface area (Å²) in [5, 5.41) is 4.19. The summed E-state index contributed by atoms with van der Waals surface area (Å²) in [5.41, 5.74) is 4.65. The molecule has 0 unspecified atom stereocenters. The lowest BCUT2D eigenvalue weighted by Gasteiger charge is -1.98. The van der Waals surface area contributed by atoms with E-state index in [4.69, 9.17) is 0 Å². The van der Waals surface area contributed by atoms with Gasteiger partial charge in [-0.3, -0.25) is 0 Å². The summed E-state index contributed by atoms with van der Waals surface area (Å²) < 4.78 is 0. The minimum atomic E-state index is 0.831. The Hall–Kier alpha value is -2.87. The van der Waals surface area contributed by atoms with Crippen molar-refractivity contribution in [1.82, 2.24) is 0 Å². The van der Waals surface area contributed by atoms with Gasteiger partial charge in [-0.2, -0.15) is 0 Å². The molecule has 3 rings (SSSR count). The molecule has 0 atom stereocenters. The molecule has 1 heterocycles. The molecule has 0 saturated heterocycles. The fourth-order valence-electron chi connectivity index (χ4n) is 2.44. The van der Waals surface area contributed by atoms with Crippen molar-refractivity contribution in [1.29, 1.82) is 0 Å². The van der Waals surface area contributed by atoms with Crippen LogP contribution in [0.5, 0.6) is 0 Å². The predicted molar refractivity (Wildman–Crippen MR) is 110 cm³/mol. The van der Waals surface area contributed by atoms with Crippen LogP contribution < -0.4 is 0 Å². The monoisotopic (exact) mass is 338 g/mol. The van der Waals surface area contributed by atoms with E-state index in [0.717, 1.165) is 24.0 Å². The van der Waals surface area contributed by atoms with Crippen LogP contribution in [0.4, 0.5) is 0 Å². The molecule has 120 valence electrons. The quantitative estimate of drug-likeness (QED) is 0.492. The first-order valence-electron chi connectivity index (χ1n) is 8.20. The average Bonchev–Trinajstić information content (AvgIpc) is 2.98. The minimum Gasteiger partial charge on any atom is -0.106 e. The lowest BCUT2D eigenvalue weighted by Crippen LogP contribution is -1.83. The molecule has 0 nitrogen and oxygen atoms in total. The van der Waals surface area contributed by atoms with Gasteiger partial charge >= 0.3 is 0 Å². The normalized spacial score (nSPS) is 22.7.